The van der Waals surface area contributed by atoms with Crippen LogP contribution in [-0.2, 0) is 9.53 Å². The van der Waals surface area contributed by atoms with Gasteiger partial charge in [0, 0.05) is 24.5 Å². The van der Waals surface area contributed by atoms with Crippen molar-refractivity contribution in [3.63, 3.8) is 0 Å². The first-order chi connectivity index (χ1) is 12.8. The molecule has 0 bridgehead atoms. The molecule has 1 heterocycles. The Morgan fingerprint density at radius 2 is 1.54 bits per heavy atom. The quantitative estimate of drug-likeness (QED) is 0.703. The minimum atomic E-state index is -0.0256. The lowest BCUT2D eigenvalue weighted by Crippen LogP contribution is -2.40. The highest BCUT2D eigenvalue weighted by molar-refractivity contribution is 5.72. The maximum atomic E-state index is 11.9. The van der Waals surface area contributed by atoms with Gasteiger partial charge in [-0.15, -0.1) is 0 Å². The number of ether oxygens (including phenoxy) is 1. The van der Waals surface area contributed by atoms with Crippen LogP contribution in [-0.4, -0.2) is 43.7 Å². The molecule has 0 saturated carbocycles. The van der Waals surface area contributed by atoms with Gasteiger partial charge < -0.3 is 14.5 Å². The summed E-state index contributed by atoms with van der Waals surface area (Å²) in [6, 6.07) is 21.0. The van der Waals surface area contributed by atoms with E-state index in [1.54, 1.807) is 0 Å². The zero-order valence-corrected chi connectivity index (χ0v) is 15.5. The fourth-order valence-corrected chi connectivity index (χ4v) is 3.52. The molecule has 0 spiro atoms. The largest absolute Gasteiger partial charge is 0.466 e. The molecular formula is C22H28N2O2. The molecule has 0 N–H and O–H groups in total. The summed E-state index contributed by atoms with van der Waals surface area (Å²) >= 11 is 0. The SMILES string of the molecule is CCOC(=O)C1CCN(CCN(c2ccccc2)c2ccccc2)CC1. The summed E-state index contributed by atoms with van der Waals surface area (Å²) in [6.07, 6.45) is 1.80. The number of carbonyl (C=O) groups excluding carboxylic acids is 1. The number of para-hydroxylation sites is 2. The lowest BCUT2D eigenvalue weighted by molar-refractivity contribution is -0.149. The van der Waals surface area contributed by atoms with E-state index in [0.717, 1.165) is 39.0 Å². The molecule has 1 fully saturated rings. The van der Waals surface area contributed by atoms with Gasteiger partial charge in [-0.1, -0.05) is 36.4 Å². The first kappa shape index (κ1) is 18.5. The van der Waals surface area contributed by atoms with Crippen molar-refractivity contribution in [3.05, 3.63) is 60.7 Å². The number of anilines is 2. The normalized spacial score (nSPS) is 15.6. The van der Waals surface area contributed by atoms with E-state index >= 15 is 0 Å². The Bertz CT molecular complexity index is 628. The fraction of sp³-hybridized carbons (Fsp3) is 0.409. The molecule has 0 amide bonds. The number of piperidine rings is 1. The van der Waals surface area contributed by atoms with Crippen LogP contribution in [0.5, 0.6) is 0 Å². The van der Waals surface area contributed by atoms with Gasteiger partial charge in [-0.2, -0.15) is 0 Å². The van der Waals surface area contributed by atoms with Crippen LogP contribution in [0, 0.1) is 5.92 Å². The third kappa shape index (κ3) is 4.85. The molecule has 26 heavy (non-hydrogen) atoms. The van der Waals surface area contributed by atoms with Gasteiger partial charge in [0.2, 0.25) is 0 Å². The van der Waals surface area contributed by atoms with Gasteiger partial charge in [0.15, 0.2) is 0 Å². The minimum absolute atomic E-state index is 0.0256. The molecule has 0 atom stereocenters. The van der Waals surface area contributed by atoms with Crippen LogP contribution in [0.15, 0.2) is 60.7 Å². The summed E-state index contributed by atoms with van der Waals surface area (Å²) < 4.78 is 5.16. The van der Waals surface area contributed by atoms with Crippen LogP contribution in [0.4, 0.5) is 11.4 Å². The van der Waals surface area contributed by atoms with E-state index in [-0.39, 0.29) is 11.9 Å². The predicted octanol–water partition coefficient (Wildman–Crippen LogP) is 4.10. The summed E-state index contributed by atoms with van der Waals surface area (Å²) in [7, 11) is 0. The van der Waals surface area contributed by atoms with Crippen molar-refractivity contribution in [1.29, 1.82) is 0 Å². The summed E-state index contributed by atoms with van der Waals surface area (Å²) in [5, 5.41) is 0. The fourth-order valence-electron chi connectivity index (χ4n) is 3.52. The van der Waals surface area contributed by atoms with Gasteiger partial charge in [0.1, 0.15) is 0 Å². The van der Waals surface area contributed by atoms with E-state index in [2.05, 4.69) is 58.3 Å². The Balaban J connectivity index is 1.58. The second-order valence-corrected chi connectivity index (χ2v) is 6.69. The lowest BCUT2D eigenvalue weighted by Gasteiger charge is -2.33. The number of carbonyl (C=O) groups is 1. The molecule has 1 saturated heterocycles. The molecule has 4 heteroatoms. The van der Waals surface area contributed by atoms with Crippen molar-refractivity contribution in [2.45, 2.75) is 19.8 Å². The summed E-state index contributed by atoms with van der Waals surface area (Å²) in [5.74, 6) is 0.0490. The number of nitrogens with zero attached hydrogens (tertiary/aromatic N) is 2. The monoisotopic (exact) mass is 352 g/mol. The van der Waals surface area contributed by atoms with Gasteiger partial charge in [-0.05, 0) is 57.1 Å². The maximum absolute atomic E-state index is 11.9. The van der Waals surface area contributed by atoms with Crippen LogP contribution in [0.1, 0.15) is 19.8 Å². The van der Waals surface area contributed by atoms with Crippen molar-refractivity contribution in [2.75, 3.05) is 37.7 Å². The summed E-state index contributed by atoms with van der Waals surface area (Å²) in [6.45, 7) is 6.18. The van der Waals surface area contributed by atoms with E-state index in [0.29, 0.717) is 6.61 Å². The Morgan fingerprint density at radius 1 is 1.00 bits per heavy atom. The number of esters is 1. The first-order valence-electron chi connectivity index (χ1n) is 9.54. The highest BCUT2D eigenvalue weighted by Crippen LogP contribution is 2.25. The molecule has 2 aromatic carbocycles. The van der Waals surface area contributed by atoms with Crippen molar-refractivity contribution < 1.29 is 9.53 Å². The van der Waals surface area contributed by atoms with E-state index in [9.17, 15) is 4.79 Å². The molecule has 1 aliphatic rings. The molecule has 0 radical (unpaired) electrons. The van der Waals surface area contributed by atoms with Crippen LogP contribution < -0.4 is 4.90 Å². The molecule has 0 aromatic heterocycles. The van der Waals surface area contributed by atoms with E-state index in [1.165, 1.54) is 11.4 Å². The van der Waals surface area contributed by atoms with Gasteiger partial charge in [0.25, 0.3) is 0 Å². The number of hydrogen-bond donors (Lipinski definition) is 0. The molecular weight excluding hydrogens is 324 g/mol. The number of hydrogen-bond acceptors (Lipinski definition) is 4. The smallest absolute Gasteiger partial charge is 0.309 e. The predicted molar refractivity (Wildman–Crippen MR) is 106 cm³/mol. The second kappa shape index (κ2) is 9.39. The lowest BCUT2D eigenvalue weighted by atomic mass is 9.97. The zero-order valence-electron chi connectivity index (χ0n) is 15.5. The molecule has 138 valence electrons. The Labute approximate surface area is 156 Å². The van der Waals surface area contributed by atoms with Crippen LogP contribution in [0.2, 0.25) is 0 Å². The Hall–Kier alpha value is -2.33. The van der Waals surface area contributed by atoms with Crippen LogP contribution in [0.25, 0.3) is 0 Å². The van der Waals surface area contributed by atoms with Crippen molar-refractivity contribution >= 4 is 17.3 Å². The average Bonchev–Trinajstić information content (AvgIpc) is 2.70. The first-order valence-corrected chi connectivity index (χ1v) is 9.54. The molecule has 0 unspecified atom stereocenters. The number of benzene rings is 2. The third-order valence-corrected chi connectivity index (χ3v) is 4.98. The average molecular weight is 352 g/mol. The Kier molecular flexibility index (Phi) is 6.67. The zero-order chi connectivity index (χ0) is 18.2. The van der Waals surface area contributed by atoms with Gasteiger partial charge in [0.05, 0.1) is 12.5 Å². The van der Waals surface area contributed by atoms with Crippen molar-refractivity contribution in [2.24, 2.45) is 5.92 Å². The summed E-state index contributed by atoms with van der Waals surface area (Å²) in [4.78, 5) is 16.7. The highest BCUT2D eigenvalue weighted by Gasteiger charge is 2.26. The van der Waals surface area contributed by atoms with E-state index in [1.807, 2.05) is 19.1 Å². The van der Waals surface area contributed by atoms with Crippen LogP contribution in [0.3, 0.4) is 0 Å². The van der Waals surface area contributed by atoms with Gasteiger partial charge in [-0.3, -0.25) is 4.79 Å². The third-order valence-electron chi connectivity index (χ3n) is 4.98. The van der Waals surface area contributed by atoms with Crippen molar-refractivity contribution in [1.82, 2.24) is 4.90 Å². The van der Waals surface area contributed by atoms with Gasteiger partial charge in [-0.25, -0.2) is 0 Å². The van der Waals surface area contributed by atoms with E-state index in [4.69, 9.17) is 4.74 Å². The number of rotatable bonds is 7. The van der Waals surface area contributed by atoms with Crippen molar-refractivity contribution in [3.8, 4) is 0 Å². The van der Waals surface area contributed by atoms with Gasteiger partial charge >= 0.3 is 5.97 Å². The number of likely N-dealkylation sites (tertiary alicyclic amines) is 1. The molecule has 0 aliphatic carbocycles. The molecule has 4 nitrogen and oxygen atoms in total. The minimum Gasteiger partial charge on any atom is -0.466 e. The maximum Gasteiger partial charge on any atom is 0.309 e. The molecule has 3 rings (SSSR count). The highest BCUT2D eigenvalue weighted by atomic mass is 16.5. The van der Waals surface area contributed by atoms with Crippen LogP contribution >= 0.6 is 0 Å². The molecule has 2 aromatic rings. The summed E-state index contributed by atoms with van der Waals surface area (Å²) in [5.41, 5.74) is 2.42. The topological polar surface area (TPSA) is 32.8 Å². The standard InChI is InChI=1S/C22H28N2O2/c1-2-26-22(25)19-13-15-23(16-14-19)17-18-24(20-9-5-3-6-10-20)21-11-7-4-8-12-21/h3-12,19H,2,13-18H2,1H3. The Morgan fingerprint density at radius 3 is 2.04 bits per heavy atom. The molecule has 1 aliphatic heterocycles. The second-order valence-electron chi connectivity index (χ2n) is 6.69. The van der Waals surface area contributed by atoms with E-state index < -0.39 is 0 Å².